The first-order valence-corrected chi connectivity index (χ1v) is 13.1. The van der Waals surface area contributed by atoms with Gasteiger partial charge in [0.05, 0.1) is 33.9 Å². The first-order valence-electron chi connectivity index (χ1n) is 12.3. The molecule has 0 unspecified atom stereocenters. The van der Waals surface area contributed by atoms with Crippen LogP contribution in [0, 0.1) is 18.0 Å². The molecule has 0 radical (unpaired) electrons. The highest BCUT2D eigenvalue weighted by Crippen LogP contribution is 2.37. The van der Waals surface area contributed by atoms with Gasteiger partial charge in [0.25, 0.3) is 5.91 Å². The van der Waals surface area contributed by atoms with Crippen LogP contribution in [0.5, 0.6) is 0 Å². The van der Waals surface area contributed by atoms with E-state index in [1.807, 2.05) is 41.4 Å². The summed E-state index contributed by atoms with van der Waals surface area (Å²) in [7, 11) is 0. The zero-order valence-electron chi connectivity index (χ0n) is 20.6. The molecule has 0 spiro atoms. The Balaban J connectivity index is 1.47. The third kappa shape index (κ3) is 5.22. The molecule has 0 aromatic carbocycles. The van der Waals surface area contributed by atoms with E-state index in [-0.39, 0.29) is 44.4 Å². The van der Waals surface area contributed by atoms with E-state index < -0.39 is 12.1 Å². The number of imidazole rings is 1. The quantitative estimate of drug-likeness (QED) is 0.364. The highest BCUT2D eigenvalue weighted by Gasteiger charge is 2.41. The number of anilines is 1. The molecule has 196 valence electrons. The van der Waals surface area contributed by atoms with Gasteiger partial charge in [-0.1, -0.05) is 6.08 Å². The zero-order chi connectivity index (χ0) is 26.3. The van der Waals surface area contributed by atoms with Gasteiger partial charge in [-0.3, -0.25) is 9.20 Å². The second-order valence-electron chi connectivity index (χ2n) is 9.70. The monoisotopic (exact) mass is 531 g/mol. The van der Waals surface area contributed by atoms with Crippen molar-refractivity contribution in [2.45, 2.75) is 45.3 Å². The van der Waals surface area contributed by atoms with Crippen LogP contribution in [-0.2, 0) is 0 Å². The van der Waals surface area contributed by atoms with Crippen LogP contribution in [0.2, 0.25) is 0 Å². The predicted octanol–water partition coefficient (Wildman–Crippen LogP) is 5.18. The van der Waals surface area contributed by atoms with Crippen molar-refractivity contribution in [2.24, 2.45) is 5.92 Å². The maximum absolute atomic E-state index is 13.3. The number of piperidine rings is 1. The van der Waals surface area contributed by atoms with Crippen LogP contribution in [0.15, 0.2) is 42.2 Å². The molecule has 37 heavy (non-hydrogen) atoms. The Kier molecular flexibility index (Phi) is 6.74. The highest BCUT2D eigenvalue weighted by molar-refractivity contribution is 7.15. The number of hydrogen-bond donors (Lipinski definition) is 1. The number of aryl methyl sites for hydroxylation is 1. The Bertz CT molecular complexity index is 1380. The second kappa shape index (κ2) is 9.85. The molecule has 0 aliphatic carbocycles. The Morgan fingerprint density at radius 3 is 2.70 bits per heavy atom. The number of halogens is 3. The van der Waals surface area contributed by atoms with E-state index in [1.54, 1.807) is 29.8 Å². The molecule has 2 aliphatic heterocycles. The van der Waals surface area contributed by atoms with Gasteiger partial charge in [0.15, 0.2) is 17.9 Å². The van der Waals surface area contributed by atoms with E-state index in [9.17, 15) is 23.2 Å². The van der Waals surface area contributed by atoms with Crippen LogP contribution in [0.25, 0.3) is 16.2 Å². The summed E-state index contributed by atoms with van der Waals surface area (Å²) in [5.74, 6) is -1.65. The molecule has 1 saturated heterocycles. The first kappa shape index (κ1) is 25.3. The van der Waals surface area contributed by atoms with E-state index >= 15 is 0 Å². The molecular formula is C26H28F3N5O2S. The number of carbonyl (C=O) groups excluding carboxylic acids is 1. The van der Waals surface area contributed by atoms with Crippen LogP contribution in [0.1, 0.15) is 41.4 Å². The van der Waals surface area contributed by atoms with E-state index in [1.165, 1.54) is 6.21 Å². The van der Waals surface area contributed by atoms with Crippen molar-refractivity contribution in [3.8, 4) is 10.6 Å². The van der Waals surface area contributed by atoms with Crippen LogP contribution >= 0.6 is 11.3 Å². The fourth-order valence-electron chi connectivity index (χ4n) is 4.80. The number of nitrogens with zero attached hydrogens (tertiary/aromatic N) is 4. The van der Waals surface area contributed by atoms with Gasteiger partial charge in [-0.25, -0.2) is 9.72 Å². The number of hydroxylamine groups is 1. The van der Waals surface area contributed by atoms with Crippen molar-refractivity contribution in [3.05, 3.63) is 57.9 Å². The fourth-order valence-corrected chi connectivity index (χ4v) is 5.67. The van der Waals surface area contributed by atoms with Gasteiger partial charge in [0.2, 0.25) is 0 Å². The van der Waals surface area contributed by atoms with Crippen molar-refractivity contribution >= 4 is 34.8 Å². The highest BCUT2D eigenvalue weighted by atomic mass is 32.1. The largest absolute Gasteiger partial charge is 0.624 e. The lowest BCUT2D eigenvalue weighted by atomic mass is 9.96. The Hall–Kier alpha value is -3.34. The van der Waals surface area contributed by atoms with Gasteiger partial charge < -0.3 is 15.4 Å². The van der Waals surface area contributed by atoms with Gasteiger partial charge in [0, 0.05) is 42.7 Å². The Morgan fingerprint density at radius 1 is 1.30 bits per heavy atom. The summed E-state index contributed by atoms with van der Waals surface area (Å²) in [5.41, 5.74) is 3.15. The molecule has 5 heterocycles. The lowest BCUT2D eigenvalue weighted by Crippen LogP contribution is -2.39. The number of hydrogen-bond acceptors (Lipinski definition) is 5. The van der Waals surface area contributed by atoms with Gasteiger partial charge in [0.1, 0.15) is 0 Å². The molecule has 3 aromatic heterocycles. The minimum atomic E-state index is -4.21. The smallest absolute Gasteiger partial charge is 0.391 e. The summed E-state index contributed by atoms with van der Waals surface area (Å²) in [4.78, 5) is 21.8. The molecule has 11 heteroatoms. The average molecular weight is 532 g/mol. The topological polar surface area (TPSA) is 75.7 Å². The Morgan fingerprint density at radius 2 is 2.05 bits per heavy atom. The normalized spacial score (nSPS) is 19.2. The van der Waals surface area contributed by atoms with Gasteiger partial charge in [-0.15, -0.1) is 11.3 Å². The molecule has 1 fully saturated rings. The van der Waals surface area contributed by atoms with Gasteiger partial charge in [-0.05, 0) is 44.9 Å². The summed E-state index contributed by atoms with van der Waals surface area (Å²) in [6.45, 7) is 4.50. The number of alkyl halides is 3. The van der Waals surface area contributed by atoms with Gasteiger partial charge in [-0.2, -0.15) is 13.2 Å². The minimum Gasteiger partial charge on any atom is -0.624 e. The van der Waals surface area contributed by atoms with Gasteiger partial charge >= 0.3 is 6.18 Å². The number of carbonyl (C=O) groups is 1. The number of nitrogens with one attached hydrogen (secondary N) is 1. The van der Waals surface area contributed by atoms with Crippen LogP contribution in [-0.4, -0.2) is 58.1 Å². The summed E-state index contributed by atoms with van der Waals surface area (Å²) < 4.78 is 42.5. The maximum atomic E-state index is 13.3. The fraction of sp³-hybridized carbons (Fsp3) is 0.423. The van der Waals surface area contributed by atoms with Crippen molar-refractivity contribution in [3.63, 3.8) is 0 Å². The molecule has 7 nitrogen and oxygen atoms in total. The summed E-state index contributed by atoms with van der Waals surface area (Å²) in [6, 6.07) is 5.57. The molecule has 2 aliphatic rings. The molecule has 0 bridgehead atoms. The molecule has 1 amide bonds. The number of fused-ring (bicyclic) bond motifs is 1. The van der Waals surface area contributed by atoms with Crippen molar-refractivity contribution in [1.82, 2.24) is 14.7 Å². The van der Waals surface area contributed by atoms with Crippen molar-refractivity contribution in [1.29, 1.82) is 0 Å². The lowest BCUT2D eigenvalue weighted by Gasteiger charge is -2.34. The summed E-state index contributed by atoms with van der Waals surface area (Å²) in [6.07, 6.45) is 3.27. The third-order valence-electron chi connectivity index (χ3n) is 7.04. The molecule has 1 N–H and O–H groups in total. The minimum absolute atomic E-state index is 0.00211. The Labute approximate surface area is 216 Å². The van der Waals surface area contributed by atoms with Crippen molar-refractivity contribution in [2.75, 3.05) is 24.5 Å². The van der Waals surface area contributed by atoms with E-state index in [2.05, 4.69) is 10.3 Å². The first-order chi connectivity index (χ1) is 17.6. The average Bonchev–Trinajstić information content (AvgIpc) is 3.49. The summed E-state index contributed by atoms with van der Waals surface area (Å²) >= 11 is 1.60. The number of pyridine rings is 1. The van der Waals surface area contributed by atoms with Crippen LogP contribution in [0.3, 0.4) is 0 Å². The number of thiophene rings is 1. The zero-order valence-corrected chi connectivity index (χ0v) is 21.4. The second-order valence-corrected chi connectivity index (χ2v) is 11.0. The van der Waals surface area contributed by atoms with Crippen molar-refractivity contribution < 1.29 is 22.7 Å². The SMILES string of the molecule is Cc1ccc(-c2cnc3c(N4CCC(C(F)(F)F)CC4)cc(C(=O)NCC4=CC[C@H](C)[N+]([O-])=C4)cn23)s1. The standard InChI is InChI=1S/C26H28F3N5O2S/c1-16-3-5-18(14-34(16)36)12-31-25(35)19-11-21(32-9-7-20(8-10-32)26(27,28)29)24-30-13-22(33(24)15-19)23-6-4-17(2)37-23/h4-6,11,13-16,20H,3,7-10,12H2,1-2H3,(H,31,35)/t16-/m0/s1. The summed E-state index contributed by atoms with van der Waals surface area (Å²) in [5, 5.41) is 14.8. The lowest BCUT2D eigenvalue weighted by molar-refractivity contribution is -0.492. The number of rotatable bonds is 5. The third-order valence-corrected chi connectivity index (χ3v) is 8.06. The molecule has 0 saturated carbocycles. The molecule has 1 atom stereocenters. The van der Waals surface area contributed by atoms with E-state index in [0.717, 1.165) is 25.8 Å². The number of aromatic nitrogens is 2. The van der Waals surface area contributed by atoms with E-state index in [0.29, 0.717) is 23.3 Å². The molecule has 5 rings (SSSR count). The molecular weight excluding hydrogens is 503 g/mol. The van der Waals surface area contributed by atoms with Crippen LogP contribution < -0.4 is 10.2 Å². The maximum Gasteiger partial charge on any atom is 0.391 e. The number of amides is 1. The van der Waals surface area contributed by atoms with Crippen LogP contribution in [0.4, 0.5) is 18.9 Å². The predicted molar refractivity (Wildman–Crippen MR) is 138 cm³/mol. The molecule has 3 aromatic rings. The van der Waals surface area contributed by atoms with E-state index in [4.69, 9.17) is 0 Å².